The Hall–Kier alpha value is -2.21. The minimum absolute atomic E-state index is 0.0767. The first kappa shape index (κ1) is 18.2. The number of hydrogen-bond donors (Lipinski definition) is 1. The number of fused-ring (bicyclic) bond motifs is 1. The van der Waals surface area contributed by atoms with Crippen molar-refractivity contribution >= 4 is 10.9 Å². The predicted octanol–water partition coefficient (Wildman–Crippen LogP) is 4.16. The van der Waals surface area contributed by atoms with Crippen LogP contribution in [0.2, 0.25) is 0 Å². The van der Waals surface area contributed by atoms with Gasteiger partial charge in [-0.05, 0) is 57.8 Å². The molecule has 27 heavy (non-hydrogen) atoms. The first-order chi connectivity index (χ1) is 12.9. The van der Waals surface area contributed by atoms with Crippen LogP contribution in [0.4, 0.5) is 8.78 Å². The van der Waals surface area contributed by atoms with E-state index in [-0.39, 0.29) is 17.4 Å². The summed E-state index contributed by atoms with van der Waals surface area (Å²) in [6.07, 6.45) is 3.12. The van der Waals surface area contributed by atoms with E-state index in [1.165, 1.54) is 6.07 Å². The molecular formula is C21H26F2N4. The van der Waals surface area contributed by atoms with Crippen molar-refractivity contribution in [1.29, 1.82) is 0 Å². The van der Waals surface area contributed by atoms with E-state index in [4.69, 9.17) is 0 Å². The van der Waals surface area contributed by atoms with Crippen molar-refractivity contribution < 1.29 is 8.78 Å². The fourth-order valence-electron chi connectivity index (χ4n) is 4.50. The smallest absolute Gasteiger partial charge is 0.155 e. The van der Waals surface area contributed by atoms with E-state index in [9.17, 15) is 0 Å². The Balaban J connectivity index is 1.80. The van der Waals surface area contributed by atoms with E-state index in [1.807, 2.05) is 7.05 Å². The molecule has 2 aliphatic rings. The van der Waals surface area contributed by atoms with Crippen LogP contribution in [0.5, 0.6) is 0 Å². The topological polar surface area (TPSA) is 33.1 Å². The Kier molecular flexibility index (Phi) is 4.54. The molecule has 1 atom stereocenters. The summed E-state index contributed by atoms with van der Waals surface area (Å²) in [5.41, 5.74) is 2.99. The average Bonchev–Trinajstić information content (AvgIpc) is 2.93. The molecule has 1 N–H and O–H groups in total. The number of allylic oxidation sites excluding steroid dienone is 2. The normalized spacial score (nSPS) is 22.4. The van der Waals surface area contributed by atoms with Gasteiger partial charge in [0, 0.05) is 35.3 Å². The third kappa shape index (κ3) is 3.06. The lowest BCUT2D eigenvalue weighted by atomic mass is 9.86. The Morgan fingerprint density at radius 1 is 1.15 bits per heavy atom. The van der Waals surface area contributed by atoms with Crippen LogP contribution in [0.1, 0.15) is 48.8 Å². The molecule has 2 fully saturated rings. The standard InChI is InChI=1S/C21H26F2N4/c1-12-5-6-15(13(2)24-12)20-16-11-17(22)18(14-7-9-26(3)10-8-14)19(23)21(16)27(4)25-20/h11,14-15,24H,1-2,5-10H2,3-4H3. The van der Waals surface area contributed by atoms with Crippen LogP contribution in [0.25, 0.3) is 10.9 Å². The van der Waals surface area contributed by atoms with E-state index in [1.54, 1.807) is 11.7 Å². The zero-order valence-corrected chi connectivity index (χ0v) is 16.0. The van der Waals surface area contributed by atoms with Gasteiger partial charge in [-0.1, -0.05) is 13.2 Å². The van der Waals surface area contributed by atoms with E-state index >= 15 is 8.78 Å². The molecule has 0 spiro atoms. The van der Waals surface area contributed by atoms with Crippen molar-refractivity contribution in [3.05, 3.63) is 53.5 Å². The van der Waals surface area contributed by atoms with Gasteiger partial charge in [-0.3, -0.25) is 4.68 Å². The number of piperidine rings is 2. The third-order valence-corrected chi connectivity index (χ3v) is 6.03. The summed E-state index contributed by atoms with van der Waals surface area (Å²) >= 11 is 0. The highest BCUT2D eigenvalue weighted by atomic mass is 19.1. The molecule has 6 heteroatoms. The second kappa shape index (κ2) is 6.75. The van der Waals surface area contributed by atoms with Gasteiger partial charge in [-0.15, -0.1) is 0 Å². The molecule has 0 aliphatic carbocycles. The Morgan fingerprint density at radius 3 is 2.52 bits per heavy atom. The maximum absolute atomic E-state index is 15.4. The number of halogens is 2. The number of rotatable bonds is 2. The molecule has 0 bridgehead atoms. The number of hydrogen-bond acceptors (Lipinski definition) is 3. The number of aryl methyl sites for hydroxylation is 1. The van der Waals surface area contributed by atoms with Gasteiger partial charge in [0.1, 0.15) is 11.3 Å². The van der Waals surface area contributed by atoms with Crippen LogP contribution in [0.3, 0.4) is 0 Å². The van der Waals surface area contributed by atoms with Crippen LogP contribution in [0.15, 0.2) is 30.6 Å². The maximum atomic E-state index is 15.4. The van der Waals surface area contributed by atoms with Gasteiger partial charge in [0.2, 0.25) is 0 Å². The van der Waals surface area contributed by atoms with E-state index in [0.717, 1.165) is 50.2 Å². The molecule has 144 valence electrons. The fraction of sp³-hybridized carbons (Fsp3) is 0.476. The Bertz CT molecular complexity index is 922. The summed E-state index contributed by atoms with van der Waals surface area (Å²) in [4.78, 5) is 2.20. The largest absolute Gasteiger partial charge is 0.363 e. The second-order valence-electron chi connectivity index (χ2n) is 7.91. The quantitative estimate of drug-likeness (QED) is 0.860. The molecule has 3 heterocycles. The lowest BCUT2D eigenvalue weighted by Crippen LogP contribution is -2.30. The van der Waals surface area contributed by atoms with Gasteiger partial charge in [0.25, 0.3) is 0 Å². The zero-order valence-electron chi connectivity index (χ0n) is 16.0. The van der Waals surface area contributed by atoms with Gasteiger partial charge in [-0.25, -0.2) is 8.78 Å². The van der Waals surface area contributed by atoms with E-state index in [2.05, 4.69) is 28.5 Å². The van der Waals surface area contributed by atoms with Crippen LogP contribution >= 0.6 is 0 Å². The number of nitrogens with zero attached hydrogens (tertiary/aromatic N) is 3. The summed E-state index contributed by atoms with van der Waals surface area (Å²) in [5.74, 6) is -1.08. The number of nitrogens with one attached hydrogen (secondary N) is 1. The Morgan fingerprint density at radius 2 is 1.85 bits per heavy atom. The monoisotopic (exact) mass is 372 g/mol. The van der Waals surface area contributed by atoms with Gasteiger partial charge < -0.3 is 10.2 Å². The molecule has 1 unspecified atom stereocenters. The van der Waals surface area contributed by atoms with Crippen molar-refractivity contribution in [2.24, 2.45) is 7.05 Å². The van der Waals surface area contributed by atoms with Crippen LogP contribution < -0.4 is 5.32 Å². The predicted molar refractivity (Wildman–Crippen MR) is 103 cm³/mol. The van der Waals surface area contributed by atoms with Crippen LogP contribution in [-0.4, -0.2) is 34.8 Å². The summed E-state index contributed by atoms with van der Waals surface area (Å²) in [5, 5.41) is 8.27. The third-order valence-electron chi connectivity index (χ3n) is 6.03. The van der Waals surface area contributed by atoms with Crippen LogP contribution in [-0.2, 0) is 7.05 Å². The molecule has 2 saturated heterocycles. The molecule has 0 amide bonds. The summed E-state index contributed by atoms with van der Waals surface area (Å²) < 4.78 is 32.0. The highest BCUT2D eigenvalue weighted by molar-refractivity contribution is 5.84. The maximum Gasteiger partial charge on any atom is 0.155 e. The van der Waals surface area contributed by atoms with Crippen molar-refractivity contribution in [3.63, 3.8) is 0 Å². The summed E-state index contributed by atoms with van der Waals surface area (Å²) in [6.45, 7) is 9.72. The lowest BCUT2D eigenvalue weighted by Gasteiger charge is -2.29. The molecule has 0 saturated carbocycles. The first-order valence-electron chi connectivity index (χ1n) is 9.53. The first-order valence-corrected chi connectivity index (χ1v) is 9.53. The van der Waals surface area contributed by atoms with Gasteiger partial charge in [0.05, 0.1) is 5.69 Å². The number of aromatic nitrogens is 2. The fourth-order valence-corrected chi connectivity index (χ4v) is 4.50. The Labute approximate surface area is 158 Å². The van der Waals surface area contributed by atoms with Gasteiger partial charge >= 0.3 is 0 Å². The summed E-state index contributed by atoms with van der Waals surface area (Å²) in [6, 6.07) is 1.48. The average molecular weight is 372 g/mol. The number of likely N-dealkylation sites (tertiary alicyclic amines) is 1. The molecule has 0 radical (unpaired) electrons. The highest BCUT2D eigenvalue weighted by Gasteiger charge is 2.31. The molecule has 1 aromatic heterocycles. The van der Waals surface area contributed by atoms with Crippen LogP contribution in [0, 0.1) is 11.6 Å². The minimum Gasteiger partial charge on any atom is -0.363 e. The molecular weight excluding hydrogens is 346 g/mol. The van der Waals surface area contributed by atoms with E-state index < -0.39 is 11.6 Å². The number of benzene rings is 1. The lowest BCUT2D eigenvalue weighted by molar-refractivity contribution is 0.250. The van der Waals surface area contributed by atoms with Gasteiger partial charge in [0.15, 0.2) is 5.82 Å². The highest BCUT2D eigenvalue weighted by Crippen LogP contribution is 2.40. The molecule has 2 aliphatic heterocycles. The van der Waals surface area contributed by atoms with Crippen molar-refractivity contribution in [1.82, 2.24) is 20.0 Å². The van der Waals surface area contributed by atoms with Gasteiger partial charge in [-0.2, -0.15) is 5.10 Å². The van der Waals surface area contributed by atoms with Crippen molar-refractivity contribution in [3.8, 4) is 0 Å². The molecule has 4 nitrogen and oxygen atoms in total. The molecule has 4 rings (SSSR count). The zero-order chi connectivity index (χ0) is 19.3. The van der Waals surface area contributed by atoms with Crippen molar-refractivity contribution in [2.45, 2.75) is 37.5 Å². The summed E-state index contributed by atoms with van der Waals surface area (Å²) in [7, 11) is 3.77. The second-order valence-corrected chi connectivity index (χ2v) is 7.91. The van der Waals surface area contributed by atoms with Crippen molar-refractivity contribution in [2.75, 3.05) is 20.1 Å². The minimum atomic E-state index is -0.459. The molecule has 2 aromatic rings. The SMILES string of the molecule is C=C1CCC(c2nn(C)c3c(F)c(C4CCN(C)CC4)c(F)cc23)C(=C)N1. The van der Waals surface area contributed by atoms with E-state index in [0.29, 0.717) is 16.6 Å². The molecule has 1 aromatic carbocycles.